The molecule has 2 aromatic rings. The normalized spacial score (nSPS) is 10.9. The van der Waals surface area contributed by atoms with Crippen LogP contribution in [-0.4, -0.2) is 31.4 Å². The highest BCUT2D eigenvalue weighted by Crippen LogP contribution is 2.22. The zero-order valence-corrected chi connectivity index (χ0v) is 12.1. The van der Waals surface area contributed by atoms with E-state index in [-0.39, 0.29) is 23.5 Å². The third-order valence-corrected chi connectivity index (χ3v) is 3.20. The van der Waals surface area contributed by atoms with Crippen LogP contribution in [0.4, 0.5) is 4.39 Å². The van der Waals surface area contributed by atoms with Gasteiger partial charge in [-0.15, -0.1) is 0 Å². The number of ether oxygens (including phenoxy) is 1. The molecule has 0 aliphatic heterocycles. The number of benzene rings is 1. The molecule has 4 nitrogen and oxygen atoms in total. The number of ketones is 1. The van der Waals surface area contributed by atoms with E-state index in [0.29, 0.717) is 13.1 Å². The van der Waals surface area contributed by atoms with Crippen LogP contribution in [0.1, 0.15) is 22.5 Å². The average Bonchev–Trinajstić information content (AvgIpc) is 2.97. The summed E-state index contributed by atoms with van der Waals surface area (Å²) in [5, 5.41) is 0. The van der Waals surface area contributed by atoms with Crippen molar-refractivity contribution in [1.82, 2.24) is 4.90 Å². The zero-order valence-electron chi connectivity index (χ0n) is 12.1. The standard InChI is InChI=1S/C16H18FNO3/c1-18(11-12-5-4-10-21-12)9-8-14(19)16-13(17)6-3-7-15(16)20-2/h3-7,10H,8-9,11H2,1-2H3. The summed E-state index contributed by atoms with van der Waals surface area (Å²) in [5.74, 6) is 0.284. The number of halogens is 1. The molecule has 0 spiro atoms. The lowest BCUT2D eigenvalue weighted by Crippen LogP contribution is -2.21. The molecule has 0 saturated heterocycles. The van der Waals surface area contributed by atoms with Crippen LogP contribution < -0.4 is 4.74 Å². The van der Waals surface area contributed by atoms with E-state index in [2.05, 4.69) is 0 Å². The van der Waals surface area contributed by atoms with Gasteiger partial charge in [0.25, 0.3) is 0 Å². The Morgan fingerprint density at radius 3 is 2.81 bits per heavy atom. The molecule has 0 aliphatic rings. The van der Waals surface area contributed by atoms with Crippen molar-refractivity contribution in [3.05, 3.63) is 53.7 Å². The molecule has 0 amide bonds. The van der Waals surface area contributed by atoms with Gasteiger partial charge in [-0.2, -0.15) is 0 Å². The lowest BCUT2D eigenvalue weighted by molar-refractivity contribution is 0.0959. The Bertz CT molecular complexity index is 596. The smallest absolute Gasteiger partial charge is 0.170 e. The third kappa shape index (κ3) is 3.92. The van der Waals surface area contributed by atoms with Crippen LogP contribution in [0.5, 0.6) is 5.75 Å². The quantitative estimate of drug-likeness (QED) is 0.735. The van der Waals surface area contributed by atoms with Gasteiger partial charge in [0.2, 0.25) is 0 Å². The molecule has 1 aromatic carbocycles. The molecule has 0 unspecified atom stereocenters. The second-order valence-corrected chi connectivity index (χ2v) is 4.81. The SMILES string of the molecule is COc1cccc(F)c1C(=O)CCN(C)Cc1ccco1. The lowest BCUT2D eigenvalue weighted by Gasteiger charge is -2.15. The third-order valence-electron chi connectivity index (χ3n) is 3.20. The number of hydrogen-bond donors (Lipinski definition) is 0. The fraction of sp³-hybridized carbons (Fsp3) is 0.312. The Balaban J connectivity index is 1.96. The van der Waals surface area contributed by atoms with Gasteiger partial charge in [-0.1, -0.05) is 6.07 Å². The van der Waals surface area contributed by atoms with Gasteiger partial charge in [-0.05, 0) is 31.3 Å². The Labute approximate surface area is 123 Å². The van der Waals surface area contributed by atoms with Crippen molar-refractivity contribution in [3.63, 3.8) is 0 Å². The van der Waals surface area contributed by atoms with Gasteiger partial charge in [-0.25, -0.2) is 4.39 Å². The first-order valence-electron chi connectivity index (χ1n) is 6.68. The number of Topliss-reactive ketones (excluding diaryl/α,β-unsaturated/α-hetero) is 1. The summed E-state index contributed by atoms with van der Waals surface area (Å²) in [6, 6.07) is 8.07. The van der Waals surface area contributed by atoms with Crippen LogP contribution in [0.25, 0.3) is 0 Å². The Kier molecular flexibility index (Phi) is 5.11. The van der Waals surface area contributed by atoms with E-state index in [1.807, 2.05) is 24.1 Å². The molecule has 2 rings (SSSR count). The van der Waals surface area contributed by atoms with Crippen molar-refractivity contribution in [2.75, 3.05) is 20.7 Å². The van der Waals surface area contributed by atoms with Crippen molar-refractivity contribution in [2.24, 2.45) is 0 Å². The minimum atomic E-state index is -0.548. The van der Waals surface area contributed by atoms with Gasteiger partial charge in [0.15, 0.2) is 5.78 Å². The maximum absolute atomic E-state index is 13.8. The van der Waals surface area contributed by atoms with Gasteiger partial charge in [-0.3, -0.25) is 9.69 Å². The van der Waals surface area contributed by atoms with Gasteiger partial charge in [0, 0.05) is 13.0 Å². The van der Waals surface area contributed by atoms with Crippen LogP contribution >= 0.6 is 0 Å². The summed E-state index contributed by atoms with van der Waals surface area (Å²) < 4.78 is 24.1. The predicted octanol–water partition coefficient (Wildman–Crippen LogP) is 3.13. The molecule has 1 heterocycles. The van der Waals surface area contributed by atoms with E-state index < -0.39 is 5.82 Å². The molecule has 0 N–H and O–H groups in total. The van der Waals surface area contributed by atoms with Crippen molar-refractivity contribution in [1.29, 1.82) is 0 Å². The Hall–Kier alpha value is -2.14. The molecule has 0 saturated carbocycles. The number of methoxy groups -OCH3 is 1. The Morgan fingerprint density at radius 1 is 1.33 bits per heavy atom. The first-order chi connectivity index (χ1) is 10.1. The predicted molar refractivity (Wildman–Crippen MR) is 76.9 cm³/mol. The van der Waals surface area contributed by atoms with Gasteiger partial charge in [0.05, 0.1) is 25.5 Å². The molecule has 0 fully saturated rings. The molecule has 0 radical (unpaired) electrons. The number of carbonyl (C=O) groups is 1. The second-order valence-electron chi connectivity index (χ2n) is 4.81. The second kappa shape index (κ2) is 7.04. The van der Waals surface area contributed by atoms with Gasteiger partial charge in [0.1, 0.15) is 17.3 Å². The average molecular weight is 291 g/mol. The van der Waals surface area contributed by atoms with E-state index in [4.69, 9.17) is 9.15 Å². The van der Waals surface area contributed by atoms with Gasteiger partial charge >= 0.3 is 0 Å². The number of carbonyl (C=O) groups excluding carboxylic acids is 1. The van der Waals surface area contributed by atoms with Crippen molar-refractivity contribution >= 4 is 5.78 Å². The molecule has 0 atom stereocenters. The molecular formula is C16H18FNO3. The van der Waals surface area contributed by atoms with E-state index >= 15 is 0 Å². The molecule has 1 aromatic heterocycles. The molecule has 0 aliphatic carbocycles. The van der Waals surface area contributed by atoms with Crippen molar-refractivity contribution in [3.8, 4) is 5.75 Å². The number of rotatable bonds is 7. The van der Waals surface area contributed by atoms with Gasteiger partial charge < -0.3 is 9.15 Å². The highest BCUT2D eigenvalue weighted by molar-refractivity contribution is 5.99. The maximum Gasteiger partial charge on any atom is 0.170 e. The molecule has 21 heavy (non-hydrogen) atoms. The van der Waals surface area contributed by atoms with E-state index in [0.717, 1.165) is 5.76 Å². The van der Waals surface area contributed by atoms with Crippen LogP contribution in [0.3, 0.4) is 0 Å². The summed E-state index contributed by atoms with van der Waals surface area (Å²) in [7, 11) is 3.31. The highest BCUT2D eigenvalue weighted by atomic mass is 19.1. The van der Waals surface area contributed by atoms with E-state index in [1.165, 1.54) is 19.2 Å². The fourth-order valence-electron chi connectivity index (χ4n) is 2.11. The van der Waals surface area contributed by atoms with E-state index in [1.54, 1.807) is 12.3 Å². The largest absolute Gasteiger partial charge is 0.496 e. The van der Waals surface area contributed by atoms with Crippen LogP contribution in [-0.2, 0) is 6.54 Å². The van der Waals surface area contributed by atoms with Crippen LogP contribution in [0.15, 0.2) is 41.0 Å². The summed E-state index contributed by atoms with van der Waals surface area (Å²) >= 11 is 0. The Morgan fingerprint density at radius 2 is 2.14 bits per heavy atom. The number of nitrogens with zero attached hydrogens (tertiary/aromatic N) is 1. The molecule has 112 valence electrons. The topological polar surface area (TPSA) is 42.7 Å². The minimum absolute atomic E-state index is 0.0198. The summed E-state index contributed by atoms with van der Waals surface area (Å²) in [6.07, 6.45) is 1.83. The number of furan rings is 1. The highest BCUT2D eigenvalue weighted by Gasteiger charge is 2.17. The van der Waals surface area contributed by atoms with Crippen LogP contribution in [0, 0.1) is 5.82 Å². The first-order valence-corrected chi connectivity index (χ1v) is 6.68. The molecule has 0 bridgehead atoms. The fourth-order valence-corrected chi connectivity index (χ4v) is 2.11. The van der Waals surface area contributed by atoms with Crippen molar-refractivity contribution in [2.45, 2.75) is 13.0 Å². The number of hydrogen-bond acceptors (Lipinski definition) is 4. The summed E-state index contributed by atoms with van der Waals surface area (Å²) in [6.45, 7) is 1.12. The minimum Gasteiger partial charge on any atom is -0.496 e. The first kappa shape index (κ1) is 15.3. The van der Waals surface area contributed by atoms with E-state index in [9.17, 15) is 9.18 Å². The monoisotopic (exact) mass is 291 g/mol. The van der Waals surface area contributed by atoms with Crippen LogP contribution in [0.2, 0.25) is 0 Å². The zero-order chi connectivity index (χ0) is 15.2. The maximum atomic E-state index is 13.8. The molecule has 5 heteroatoms. The van der Waals surface area contributed by atoms with Crippen molar-refractivity contribution < 1.29 is 18.3 Å². The summed E-state index contributed by atoms with van der Waals surface area (Å²) in [5.41, 5.74) is 0.0198. The lowest BCUT2D eigenvalue weighted by atomic mass is 10.1. The summed E-state index contributed by atoms with van der Waals surface area (Å²) in [4.78, 5) is 14.1. The molecular weight excluding hydrogens is 273 g/mol.